The van der Waals surface area contributed by atoms with Crippen LogP contribution in [0.25, 0.3) is 10.3 Å². The van der Waals surface area contributed by atoms with Gasteiger partial charge in [-0.05, 0) is 24.6 Å². The summed E-state index contributed by atoms with van der Waals surface area (Å²) < 4.78 is 5.46. The van der Waals surface area contributed by atoms with Gasteiger partial charge in [-0.15, -0.1) is 0 Å². The van der Waals surface area contributed by atoms with Crippen molar-refractivity contribution >= 4 is 44.5 Å². The molecule has 4 rings (SSSR count). The third-order valence-electron chi connectivity index (χ3n) is 5.17. The standard InChI is InChI=1S/C22H28N8O2S/c1-3-19(31)29(2)9-5-8-24-21-25-16(15-30-10-12-32-13-11-30)14-18(27-21)28-22-26-17-6-4-7-23-20(17)33-22/h3-4,6-7,14H,1,5,8-13,15H2,2H3,(H2,24,25,26,27,28). The Labute approximate surface area is 196 Å². The maximum absolute atomic E-state index is 11.6. The summed E-state index contributed by atoms with van der Waals surface area (Å²) in [5, 5.41) is 7.33. The van der Waals surface area contributed by atoms with E-state index >= 15 is 0 Å². The molecule has 1 amide bonds. The van der Waals surface area contributed by atoms with E-state index in [1.165, 1.54) is 17.4 Å². The molecule has 0 aromatic carbocycles. The molecule has 10 nitrogen and oxygen atoms in total. The lowest BCUT2D eigenvalue weighted by Gasteiger charge is -2.26. The third kappa shape index (κ3) is 6.44. The van der Waals surface area contributed by atoms with Gasteiger partial charge < -0.3 is 20.3 Å². The first-order valence-corrected chi connectivity index (χ1v) is 11.7. The van der Waals surface area contributed by atoms with Gasteiger partial charge in [0.2, 0.25) is 11.9 Å². The van der Waals surface area contributed by atoms with Crippen molar-refractivity contribution in [2.75, 3.05) is 57.1 Å². The number of morpholine rings is 1. The summed E-state index contributed by atoms with van der Waals surface area (Å²) in [6, 6.07) is 5.77. The Kier molecular flexibility index (Phi) is 7.76. The lowest BCUT2D eigenvalue weighted by molar-refractivity contribution is -0.124. The van der Waals surface area contributed by atoms with Crippen LogP contribution in [0.15, 0.2) is 37.1 Å². The molecule has 33 heavy (non-hydrogen) atoms. The molecule has 4 heterocycles. The van der Waals surface area contributed by atoms with Crippen molar-refractivity contribution < 1.29 is 9.53 Å². The number of nitrogens with zero attached hydrogens (tertiary/aromatic N) is 6. The Morgan fingerprint density at radius 1 is 1.33 bits per heavy atom. The number of amides is 1. The normalized spacial score (nSPS) is 14.2. The van der Waals surface area contributed by atoms with Crippen LogP contribution in [-0.4, -0.2) is 82.1 Å². The summed E-state index contributed by atoms with van der Waals surface area (Å²) >= 11 is 1.48. The van der Waals surface area contributed by atoms with Crippen molar-refractivity contribution in [1.82, 2.24) is 29.7 Å². The molecule has 0 radical (unpaired) electrons. The molecule has 1 fully saturated rings. The number of fused-ring (bicyclic) bond motifs is 1. The fourth-order valence-corrected chi connectivity index (χ4v) is 4.24. The van der Waals surface area contributed by atoms with Crippen LogP contribution in [0.3, 0.4) is 0 Å². The monoisotopic (exact) mass is 468 g/mol. The van der Waals surface area contributed by atoms with Crippen molar-refractivity contribution in [1.29, 1.82) is 0 Å². The minimum Gasteiger partial charge on any atom is -0.379 e. The first-order chi connectivity index (χ1) is 16.1. The summed E-state index contributed by atoms with van der Waals surface area (Å²) in [7, 11) is 1.76. The maximum atomic E-state index is 11.6. The highest BCUT2D eigenvalue weighted by Crippen LogP contribution is 2.26. The number of aromatic nitrogens is 4. The summed E-state index contributed by atoms with van der Waals surface area (Å²) in [6.07, 6.45) is 3.85. The van der Waals surface area contributed by atoms with Gasteiger partial charge in [0.1, 0.15) is 16.2 Å². The van der Waals surface area contributed by atoms with Crippen LogP contribution >= 0.6 is 11.3 Å². The Morgan fingerprint density at radius 3 is 2.97 bits per heavy atom. The topological polar surface area (TPSA) is 108 Å². The van der Waals surface area contributed by atoms with Crippen LogP contribution in [0, 0.1) is 0 Å². The van der Waals surface area contributed by atoms with Crippen molar-refractivity contribution in [2.45, 2.75) is 13.0 Å². The number of nitrogens with one attached hydrogen (secondary N) is 2. The van der Waals surface area contributed by atoms with Gasteiger partial charge in [0.05, 0.1) is 18.9 Å². The largest absolute Gasteiger partial charge is 0.379 e. The summed E-state index contributed by atoms with van der Waals surface area (Å²) in [6.45, 7) is 8.72. The highest BCUT2D eigenvalue weighted by molar-refractivity contribution is 7.21. The molecule has 11 heteroatoms. The predicted molar refractivity (Wildman–Crippen MR) is 130 cm³/mol. The van der Waals surface area contributed by atoms with E-state index in [-0.39, 0.29) is 5.91 Å². The Bertz CT molecular complexity index is 1070. The second-order valence-corrected chi connectivity index (χ2v) is 8.65. The van der Waals surface area contributed by atoms with E-state index in [0.29, 0.717) is 31.4 Å². The maximum Gasteiger partial charge on any atom is 0.245 e. The van der Waals surface area contributed by atoms with Crippen molar-refractivity contribution in [3.63, 3.8) is 0 Å². The minimum atomic E-state index is -0.0874. The summed E-state index contributed by atoms with van der Waals surface area (Å²) in [4.78, 5) is 34.7. The number of carbonyl (C=O) groups is 1. The highest BCUT2D eigenvalue weighted by Gasteiger charge is 2.14. The quantitative estimate of drug-likeness (QED) is 0.343. The molecular formula is C22H28N8O2S. The Hall–Kier alpha value is -3.15. The van der Waals surface area contributed by atoms with Crippen molar-refractivity contribution in [3.05, 3.63) is 42.7 Å². The van der Waals surface area contributed by atoms with E-state index in [4.69, 9.17) is 9.72 Å². The van der Waals surface area contributed by atoms with E-state index < -0.39 is 0 Å². The van der Waals surface area contributed by atoms with Crippen LogP contribution in [0.4, 0.5) is 16.9 Å². The Morgan fingerprint density at radius 2 is 2.18 bits per heavy atom. The van der Waals surface area contributed by atoms with Crippen molar-refractivity contribution in [3.8, 4) is 0 Å². The second kappa shape index (κ2) is 11.1. The molecule has 0 atom stereocenters. The zero-order valence-corrected chi connectivity index (χ0v) is 19.5. The Balaban J connectivity index is 1.46. The zero-order chi connectivity index (χ0) is 23.0. The van der Waals surface area contributed by atoms with Gasteiger partial charge in [-0.25, -0.2) is 15.0 Å². The molecule has 0 unspecified atom stereocenters. The first kappa shape index (κ1) is 23.0. The summed E-state index contributed by atoms with van der Waals surface area (Å²) in [5.41, 5.74) is 1.76. The van der Waals surface area contributed by atoms with E-state index in [0.717, 1.165) is 53.9 Å². The third-order valence-corrected chi connectivity index (χ3v) is 6.07. The molecule has 2 N–H and O–H groups in total. The number of likely N-dealkylation sites (N-methyl/N-ethyl adjacent to an activating group) is 1. The zero-order valence-electron chi connectivity index (χ0n) is 18.7. The molecule has 3 aromatic heterocycles. The number of rotatable bonds is 10. The number of carbonyl (C=O) groups excluding carboxylic acids is 1. The predicted octanol–water partition coefficient (Wildman–Crippen LogP) is 2.50. The average Bonchev–Trinajstić information content (AvgIpc) is 3.24. The van der Waals surface area contributed by atoms with Gasteiger partial charge in [-0.1, -0.05) is 17.9 Å². The summed E-state index contributed by atoms with van der Waals surface area (Å²) in [5.74, 6) is 1.13. The second-order valence-electron chi connectivity index (χ2n) is 7.67. The molecule has 1 saturated heterocycles. The SMILES string of the molecule is C=CC(=O)N(C)CCCNc1nc(CN2CCOCC2)cc(Nc2nc3cccnc3s2)n1. The molecule has 0 bridgehead atoms. The van der Waals surface area contributed by atoms with Gasteiger partial charge in [-0.3, -0.25) is 9.69 Å². The van der Waals surface area contributed by atoms with Crippen LogP contribution in [0.2, 0.25) is 0 Å². The van der Waals surface area contributed by atoms with Crippen LogP contribution in [0.1, 0.15) is 12.1 Å². The fourth-order valence-electron chi connectivity index (χ4n) is 3.43. The first-order valence-electron chi connectivity index (χ1n) is 10.9. The lowest BCUT2D eigenvalue weighted by atomic mass is 10.3. The van der Waals surface area contributed by atoms with Crippen LogP contribution < -0.4 is 10.6 Å². The molecule has 0 saturated carbocycles. The number of hydrogen-bond donors (Lipinski definition) is 2. The molecular weight excluding hydrogens is 440 g/mol. The molecule has 174 valence electrons. The molecule has 0 aliphatic carbocycles. The number of anilines is 3. The van der Waals surface area contributed by atoms with Gasteiger partial charge >= 0.3 is 0 Å². The molecule has 0 spiro atoms. The number of thiazole rings is 1. The lowest BCUT2D eigenvalue weighted by Crippen LogP contribution is -2.36. The number of hydrogen-bond acceptors (Lipinski definition) is 10. The van der Waals surface area contributed by atoms with Crippen LogP contribution in [0.5, 0.6) is 0 Å². The highest BCUT2D eigenvalue weighted by atomic mass is 32.1. The number of pyridine rings is 1. The molecule has 1 aliphatic rings. The van der Waals surface area contributed by atoms with E-state index in [2.05, 4.69) is 37.1 Å². The van der Waals surface area contributed by atoms with Gasteiger partial charge in [-0.2, -0.15) is 4.98 Å². The van der Waals surface area contributed by atoms with E-state index in [1.54, 1.807) is 18.1 Å². The van der Waals surface area contributed by atoms with Crippen molar-refractivity contribution in [2.24, 2.45) is 0 Å². The van der Waals surface area contributed by atoms with E-state index in [1.807, 2.05) is 18.2 Å². The van der Waals surface area contributed by atoms with Gasteiger partial charge in [0.25, 0.3) is 0 Å². The molecule has 1 aliphatic heterocycles. The number of ether oxygens (including phenoxy) is 1. The smallest absolute Gasteiger partial charge is 0.245 e. The average molecular weight is 469 g/mol. The van der Waals surface area contributed by atoms with Gasteiger partial charge in [0, 0.05) is 52.0 Å². The minimum absolute atomic E-state index is 0.0874. The van der Waals surface area contributed by atoms with E-state index in [9.17, 15) is 4.79 Å². The fraction of sp³-hybridized carbons (Fsp3) is 0.409. The molecule has 3 aromatic rings. The van der Waals surface area contributed by atoms with Crippen LogP contribution in [-0.2, 0) is 16.1 Å². The van der Waals surface area contributed by atoms with Gasteiger partial charge in [0.15, 0.2) is 5.13 Å².